The maximum absolute atomic E-state index is 10.9. The Balaban J connectivity index is 0.00000225. The molecule has 0 fully saturated rings. The van der Waals surface area contributed by atoms with Crippen molar-refractivity contribution >= 4 is 36.5 Å². The van der Waals surface area contributed by atoms with Crippen molar-refractivity contribution in [2.75, 3.05) is 14.2 Å². The third-order valence-electron chi connectivity index (χ3n) is 1.79. The van der Waals surface area contributed by atoms with Crippen LogP contribution in [-0.2, 0) is 0 Å². The summed E-state index contributed by atoms with van der Waals surface area (Å²) in [6, 6.07) is 7.69. The summed E-state index contributed by atoms with van der Waals surface area (Å²) in [5.41, 5.74) is 0. The number of thioether (sulfide) groups is 1. The molecule has 0 unspecified atom stereocenters. The Bertz CT molecular complexity index is 327. The van der Waals surface area contributed by atoms with Crippen LogP contribution in [0.1, 0.15) is 6.42 Å². The van der Waals surface area contributed by atoms with Gasteiger partial charge in [0.05, 0.1) is 7.11 Å². The molecular formula is C11H13LiNO2S-. The molecule has 0 aliphatic heterocycles. The fourth-order valence-corrected chi connectivity index (χ4v) is 1.67. The van der Waals surface area contributed by atoms with Crippen molar-refractivity contribution in [1.82, 2.24) is 0 Å². The van der Waals surface area contributed by atoms with Crippen molar-refractivity contribution in [3.05, 3.63) is 30.0 Å². The molecule has 0 atom stereocenters. The first-order valence-corrected chi connectivity index (χ1v) is 5.39. The molecule has 0 saturated carbocycles. The van der Waals surface area contributed by atoms with Gasteiger partial charge in [0.15, 0.2) is 0 Å². The topological polar surface area (TPSA) is 44.7 Å². The van der Waals surface area contributed by atoms with E-state index in [1.54, 1.807) is 7.11 Å². The van der Waals surface area contributed by atoms with Crippen molar-refractivity contribution in [1.29, 1.82) is 0 Å². The van der Waals surface area contributed by atoms with Gasteiger partial charge in [-0.25, -0.2) is 0 Å². The van der Waals surface area contributed by atoms with E-state index in [0.717, 1.165) is 10.6 Å². The average Bonchev–Trinajstić information content (AvgIpc) is 2.29. The zero-order chi connectivity index (χ0) is 11.1. The first kappa shape index (κ1) is 15.4. The minimum atomic E-state index is -0.101. The monoisotopic (exact) mass is 230 g/mol. The minimum Gasteiger partial charge on any atom is -0.862 e. The van der Waals surface area contributed by atoms with Crippen LogP contribution in [-0.4, -0.2) is 38.9 Å². The molecular weight excluding hydrogens is 217 g/mol. The summed E-state index contributed by atoms with van der Waals surface area (Å²) in [5.74, 6) is 2.58. The summed E-state index contributed by atoms with van der Waals surface area (Å²) in [7, 11) is 3.14. The molecule has 0 saturated heterocycles. The molecule has 0 aliphatic rings. The van der Waals surface area contributed by atoms with Gasteiger partial charge in [-0.05, 0) is 36.6 Å². The largest absolute Gasteiger partial charge is 0.862 e. The summed E-state index contributed by atoms with van der Waals surface area (Å²) in [6.45, 7) is 0. The van der Waals surface area contributed by atoms with Crippen molar-refractivity contribution in [3.8, 4) is 5.75 Å². The van der Waals surface area contributed by atoms with Gasteiger partial charge in [0.25, 0.3) is 0 Å². The van der Waals surface area contributed by atoms with Gasteiger partial charge in [0.1, 0.15) is 5.75 Å². The van der Waals surface area contributed by atoms with Crippen LogP contribution < -0.4 is 9.84 Å². The SMILES string of the molecule is CN=C([O-])C[CH]Sc1ccc(OC)cc1.[Li]. The Morgan fingerprint density at radius 2 is 2.06 bits per heavy atom. The molecule has 1 aromatic carbocycles. The van der Waals surface area contributed by atoms with Gasteiger partial charge in [-0.2, -0.15) is 0 Å². The van der Waals surface area contributed by atoms with E-state index < -0.39 is 0 Å². The maximum Gasteiger partial charge on any atom is 0.118 e. The van der Waals surface area contributed by atoms with Gasteiger partial charge in [-0.3, -0.25) is 0 Å². The molecule has 16 heavy (non-hydrogen) atoms. The number of ether oxygens (including phenoxy) is 1. The third kappa shape index (κ3) is 5.50. The zero-order valence-corrected chi connectivity index (χ0v) is 10.6. The van der Waals surface area contributed by atoms with E-state index in [-0.39, 0.29) is 24.8 Å². The second kappa shape index (κ2) is 8.57. The second-order valence-corrected chi connectivity index (χ2v) is 3.82. The van der Waals surface area contributed by atoms with Gasteiger partial charge < -0.3 is 14.8 Å². The number of rotatable bonds is 5. The molecule has 0 heterocycles. The molecule has 0 spiro atoms. The fraction of sp³-hybridized carbons (Fsp3) is 0.273. The number of hydrogen-bond acceptors (Lipinski definition) is 4. The quantitative estimate of drug-likeness (QED) is 0.332. The molecule has 3 nitrogen and oxygen atoms in total. The second-order valence-electron chi connectivity index (χ2n) is 2.78. The van der Waals surface area contributed by atoms with Crippen LogP contribution in [0.3, 0.4) is 0 Å². The predicted octanol–water partition coefficient (Wildman–Crippen LogP) is 1.35. The van der Waals surface area contributed by atoms with Crippen molar-refractivity contribution in [2.45, 2.75) is 11.3 Å². The minimum absolute atomic E-state index is 0. The van der Waals surface area contributed by atoms with Crippen LogP contribution in [0.4, 0.5) is 0 Å². The number of methoxy groups -OCH3 is 1. The third-order valence-corrected chi connectivity index (χ3v) is 2.66. The fourth-order valence-electron chi connectivity index (χ4n) is 0.955. The summed E-state index contributed by atoms with van der Waals surface area (Å²) in [5, 5.41) is 10.9. The Hall–Kier alpha value is -0.563. The number of nitrogens with zero attached hydrogens (tertiary/aromatic N) is 1. The van der Waals surface area contributed by atoms with E-state index >= 15 is 0 Å². The molecule has 0 bridgehead atoms. The Kier molecular flexibility index (Phi) is 8.27. The molecule has 82 valence electrons. The number of benzene rings is 1. The Labute approximate surface area is 112 Å². The molecule has 0 aliphatic carbocycles. The Morgan fingerprint density at radius 3 is 2.56 bits per heavy atom. The summed E-state index contributed by atoms with van der Waals surface area (Å²) in [6.07, 6.45) is 0.368. The zero-order valence-electron chi connectivity index (χ0n) is 9.77. The smallest absolute Gasteiger partial charge is 0.118 e. The van der Waals surface area contributed by atoms with Gasteiger partial charge in [-0.15, -0.1) is 11.8 Å². The van der Waals surface area contributed by atoms with Crippen LogP contribution in [0.15, 0.2) is 34.2 Å². The number of aliphatic imine (C=N–C) groups is 1. The van der Waals surface area contributed by atoms with E-state index in [4.69, 9.17) is 4.74 Å². The van der Waals surface area contributed by atoms with Gasteiger partial charge in [-0.1, -0.05) is 0 Å². The van der Waals surface area contributed by atoms with E-state index in [0.29, 0.717) is 6.42 Å². The van der Waals surface area contributed by atoms with Crippen LogP contribution in [0.2, 0.25) is 0 Å². The van der Waals surface area contributed by atoms with Crippen LogP contribution in [0.25, 0.3) is 0 Å². The molecule has 2 radical (unpaired) electrons. The summed E-state index contributed by atoms with van der Waals surface area (Å²) >= 11 is 1.52. The number of hydrogen-bond donors (Lipinski definition) is 0. The first-order chi connectivity index (χ1) is 7.26. The van der Waals surface area contributed by atoms with Gasteiger partial charge in [0.2, 0.25) is 0 Å². The molecule has 1 rings (SSSR count). The average molecular weight is 230 g/mol. The molecule has 0 aromatic heterocycles. The van der Waals surface area contributed by atoms with Gasteiger partial charge in [0, 0.05) is 36.6 Å². The van der Waals surface area contributed by atoms with Crippen molar-refractivity contribution in [2.24, 2.45) is 4.99 Å². The van der Waals surface area contributed by atoms with Crippen LogP contribution in [0.5, 0.6) is 5.75 Å². The van der Waals surface area contributed by atoms with E-state index in [1.807, 2.05) is 30.0 Å². The normalized spacial score (nSPS) is 10.8. The standard InChI is InChI=1S/C11H14NO2S.Li/c1-12-11(13)7-8-15-10-5-3-9(14-2)4-6-10;/h3-6,8H,7H2,1-2H3,(H,12,13);/p-1. The summed E-state index contributed by atoms with van der Waals surface area (Å²) in [4.78, 5) is 4.63. The van der Waals surface area contributed by atoms with Crippen molar-refractivity contribution < 1.29 is 9.84 Å². The van der Waals surface area contributed by atoms with Crippen LogP contribution >= 0.6 is 11.8 Å². The predicted molar refractivity (Wildman–Crippen MR) is 66.9 cm³/mol. The van der Waals surface area contributed by atoms with E-state index in [9.17, 15) is 5.11 Å². The van der Waals surface area contributed by atoms with Crippen LogP contribution in [0, 0.1) is 5.75 Å². The van der Waals surface area contributed by atoms with Crippen molar-refractivity contribution in [3.63, 3.8) is 0 Å². The Morgan fingerprint density at radius 1 is 1.44 bits per heavy atom. The van der Waals surface area contributed by atoms with Gasteiger partial charge >= 0.3 is 0 Å². The molecule has 0 N–H and O–H groups in total. The molecule has 5 heteroatoms. The van der Waals surface area contributed by atoms with E-state index in [1.165, 1.54) is 18.8 Å². The molecule has 1 aromatic rings. The first-order valence-electron chi connectivity index (χ1n) is 4.51. The molecule has 0 amide bonds. The summed E-state index contributed by atoms with van der Waals surface area (Å²) < 4.78 is 5.04. The van der Waals surface area contributed by atoms with E-state index in [2.05, 4.69) is 4.99 Å². The maximum atomic E-state index is 10.9.